The molecular weight excluding hydrogens is 387 g/mol. The Morgan fingerprint density at radius 2 is 1.91 bits per heavy atom. The number of nitrogens with two attached hydrogens (primary N) is 1. The Kier molecular flexibility index (Phi) is 10.4. The highest BCUT2D eigenvalue weighted by molar-refractivity contribution is 14.0. The number of aliphatic imine (C=N–C) groups is 1. The first-order valence-corrected chi connectivity index (χ1v) is 9.03. The number of piperidine rings is 1. The fraction of sp³-hybridized carbons (Fsp3) is 0.941. The second-order valence-corrected chi connectivity index (χ2v) is 7.00. The minimum absolute atomic E-state index is 0. The molecule has 0 radical (unpaired) electrons. The summed E-state index contributed by atoms with van der Waals surface area (Å²) in [4.78, 5) is 7.09. The van der Waals surface area contributed by atoms with E-state index in [1.165, 1.54) is 71.0 Å². The van der Waals surface area contributed by atoms with Gasteiger partial charge in [0.25, 0.3) is 0 Å². The van der Waals surface area contributed by atoms with E-state index in [-0.39, 0.29) is 24.0 Å². The van der Waals surface area contributed by atoms with Crippen LogP contribution in [0.5, 0.6) is 0 Å². The van der Waals surface area contributed by atoms with Crippen LogP contribution in [0, 0.1) is 5.92 Å². The predicted octanol–water partition coefficient (Wildman–Crippen LogP) is 3.35. The van der Waals surface area contributed by atoms with Gasteiger partial charge in [-0.25, -0.2) is 0 Å². The van der Waals surface area contributed by atoms with Gasteiger partial charge < -0.3 is 16.0 Å². The van der Waals surface area contributed by atoms with Crippen molar-refractivity contribution in [2.45, 2.75) is 70.8 Å². The molecule has 1 saturated heterocycles. The van der Waals surface area contributed by atoms with Crippen LogP contribution in [0.2, 0.25) is 0 Å². The Balaban J connectivity index is 0.00000242. The molecule has 1 saturated carbocycles. The van der Waals surface area contributed by atoms with Crippen LogP contribution in [0.25, 0.3) is 0 Å². The molecule has 22 heavy (non-hydrogen) atoms. The summed E-state index contributed by atoms with van der Waals surface area (Å²) in [5.74, 6) is 1.54. The van der Waals surface area contributed by atoms with Gasteiger partial charge in [-0.2, -0.15) is 0 Å². The lowest BCUT2D eigenvalue weighted by Gasteiger charge is -2.30. The minimum atomic E-state index is 0. The summed E-state index contributed by atoms with van der Waals surface area (Å²) in [5.41, 5.74) is 5.98. The second-order valence-electron chi connectivity index (χ2n) is 7.00. The lowest BCUT2D eigenvalue weighted by atomic mass is 9.96. The van der Waals surface area contributed by atoms with Crippen molar-refractivity contribution < 1.29 is 0 Å². The first-order chi connectivity index (χ1) is 10.2. The van der Waals surface area contributed by atoms with Crippen LogP contribution in [0.3, 0.4) is 0 Å². The fourth-order valence-corrected chi connectivity index (χ4v) is 3.64. The number of likely N-dealkylation sites (tertiary alicyclic amines) is 1. The van der Waals surface area contributed by atoms with Gasteiger partial charge in [-0.1, -0.05) is 26.2 Å². The second kappa shape index (κ2) is 11.5. The number of halogens is 1. The molecule has 0 amide bonds. The highest BCUT2D eigenvalue weighted by Gasteiger charge is 2.15. The van der Waals surface area contributed by atoms with Gasteiger partial charge >= 0.3 is 0 Å². The van der Waals surface area contributed by atoms with E-state index < -0.39 is 0 Å². The standard InChI is InChI=1S/C17H34N4.HI/c1-15-8-7-13-21(14-15)12-6-5-11-19-17(18)20-16-9-3-2-4-10-16;/h15-16H,2-14H2,1H3,(H3,18,19,20);1H. The van der Waals surface area contributed by atoms with Crippen molar-refractivity contribution in [3.63, 3.8) is 0 Å². The van der Waals surface area contributed by atoms with Gasteiger partial charge in [0.05, 0.1) is 0 Å². The van der Waals surface area contributed by atoms with Crippen LogP contribution >= 0.6 is 24.0 Å². The molecule has 1 atom stereocenters. The number of nitrogens with one attached hydrogen (secondary N) is 1. The maximum Gasteiger partial charge on any atom is 0.188 e. The van der Waals surface area contributed by atoms with Crippen molar-refractivity contribution >= 4 is 29.9 Å². The maximum absolute atomic E-state index is 5.98. The van der Waals surface area contributed by atoms with E-state index in [1.807, 2.05) is 0 Å². The summed E-state index contributed by atoms with van der Waals surface area (Å²) in [6, 6.07) is 0.567. The van der Waals surface area contributed by atoms with Crippen LogP contribution in [-0.2, 0) is 0 Å². The highest BCUT2D eigenvalue weighted by atomic mass is 127. The van der Waals surface area contributed by atoms with Gasteiger partial charge in [0.2, 0.25) is 0 Å². The number of guanidine groups is 1. The van der Waals surface area contributed by atoms with Crippen molar-refractivity contribution in [3.8, 4) is 0 Å². The third-order valence-electron chi connectivity index (χ3n) is 4.86. The van der Waals surface area contributed by atoms with Crippen molar-refractivity contribution in [1.82, 2.24) is 10.2 Å². The normalized spacial score (nSPS) is 24.8. The average Bonchev–Trinajstić information content (AvgIpc) is 2.48. The molecule has 1 aliphatic carbocycles. The van der Waals surface area contributed by atoms with Crippen LogP contribution in [0.1, 0.15) is 64.7 Å². The zero-order chi connectivity index (χ0) is 14.9. The molecule has 0 spiro atoms. The van der Waals surface area contributed by atoms with Gasteiger partial charge in [0.1, 0.15) is 0 Å². The summed E-state index contributed by atoms with van der Waals surface area (Å²) < 4.78 is 0. The van der Waals surface area contributed by atoms with E-state index in [2.05, 4.69) is 22.1 Å². The van der Waals surface area contributed by atoms with E-state index in [1.54, 1.807) is 0 Å². The molecule has 0 aromatic rings. The Hall–Kier alpha value is -0.0400. The van der Waals surface area contributed by atoms with Crippen LogP contribution in [0.4, 0.5) is 0 Å². The Morgan fingerprint density at radius 1 is 1.14 bits per heavy atom. The van der Waals surface area contributed by atoms with Gasteiger partial charge in [0, 0.05) is 19.1 Å². The van der Waals surface area contributed by atoms with Gasteiger partial charge in [-0.15, -0.1) is 24.0 Å². The molecule has 2 fully saturated rings. The summed E-state index contributed by atoms with van der Waals surface area (Å²) in [6.45, 7) is 7.05. The Labute approximate surface area is 153 Å². The summed E-state index contributed by atoms with van der Waals surface area (Å²) in [5, 5.41) is 3.38. The third-order valence-corrected chi connectivity index (χ3v) is 4.86. The molecule has 0 aromatic heterocycles. The van der Waals surface area contributed by atoms with Crippen molar-refractivity contribution in [2.24, 2.45) is 16.6 Å². The molecule has 2 aliphatic rings. The van der Waals surface area contributed by atoms with E-state index in [4.69, 9.17) is 5.73 Å². The van der Waals surface area contributed by atoms with E-state index in [0.29, 0.717) is 12.0 Å². The zero-order valence-electron chi connectivity index (χ0n) is 14.2. The Bertz CT molecular complexity index is 316. The predicted molar refractivity (Wildman–Crippen MR) is 106 cm³/mol. The quantitative estimate of drug-likeness (QED) is 0.299. The summed E-state index contributed by atoms with van der Waals surface area (Å²) in [6.07, 6.45) is 11.7. The summed E-state index contributed by atoms with van der Waals surface area (Å²) in [7, 11) is 0. The molecule has 130 valence electrons. The molecule has 5 heteroatoms. The van der Waals surface area contributed by atoms with Gasteiger partial charge in [-0.3, -0.25) is 4.99 Å². The van der Waals surface area contributed by atoms with E-state index in [0.717, 1.165) is 18.9 Å². The largest absolute Gasteiger partial charge is 0.370 e. The van der Waals surface area contributed by atoms with Gasteiger partial charge in [-0.05, 0) is 57.5 Å². The molecule has 0 aromatic carbocycles. The molecule has 4 nitrogen and oxygen atoms in total. The minimum Gasteiger partial charge on any atom is -0.370 e. The molecule has 1 heterocycles. The number of nitrogens with zero attached hydrogens (tertiary/aromatic N) is 2. The molecule has 2 rings (SSSR count). The Morgan fingerprint density at radius 3 is 2.64 bits per heavy atom. The molecule has 0 bridgehead atoms. The highest BCUT2D eigenvalue weighted by Crippen LogP contribution is 2.17. The smallest absolute Gasteiger partial charge is 0.188 e. The number of unbranched alkanes of at least 4 members (excludes halogenated alkanes) is 1. The van der Waals surface area contributed by atoms with Crippen molar-refractivity contribution in [3.05, 3.63) is 0 Å². The monoisotopic (exact) mass is 422 g/mol. The van der Waals surface area contributed by atoms with Crippen LogP contribution < -0.4 is 11.1 Å². The fourth-order valence-electron chi connectivity index (χ4n) is 3.64. The number of hydrogen-bond donors (Lipinski definition) is 2. The molecule has 3 N–H and O–H groups in total. The first kappa shape index (κ1) is 20.0. The van der Waals surface area contributed by atoms with Crippen molar-refractivity contribution in [1.29, 1.82) is 0 Å². The average molecular weight is 422 g/mol. The number of hydrogen-bond acceptors (Lipinski definition) is 2. The molecular formula is C17H35IN4. The maximum atomic E-state index is 5.98. The van der Waals surface area contributed by atoms with E-state index >= 15 is 0 Å². The number of rotatable bonds is 6. The third kappa shape index (κ3) is 7.99. The molecule has 1 unspecified atom stereocenters. The topological polar surface area (TPSA) is 53.6 Å². The molecule has 1 aliphatic heterocycles. The zero-order valence-corrected chi connectivity index (χ0v) is 16.6. The van der Waals surface area contributed by atoms with Gasteiger partial charge in [0.15, 0.2) is 5.96 Å². The van der Waals surface area contributed by atoms with Crippen LogP contribution in [-0.4, -0.2) is 43.1 Å². The SMILES string of the molecule is CC1CCCN(CCCCN=C(N)NC2CCCCC2)C1.I. The van der Waals surface area contributed by atoms with E-state index in [9.17, 15) is 0 Å². The lowest BCUT2D eigenvalue weighted by Crippen LogP contribution is -2.41. The first-order valence-electron chi connectivity index (χ1n) is 9.03. The van der Waals surface area contributed by atoms with Crippen LogP contribution in [0.15, 0.2) is 4.99 Å². The summed E-state index contributed by atoms with van der Waals surface area (Å²) >= 11 is 0. The lowest BCUT2D eigenvalue weighted by molar-refractivity contribution is 0.181. The van der Waals surface area contributed by atoms with Crippen molar-refractivity contribution in [2.75, 3.05) is 26.2 Å².